The number of carboxylic acid groups (broad SMARTS) is 1. The number of carboxylic acids is 1. The highest BCUT2D eigenvalue weighted by Gasteiger charge is 2.44. The second-order valence-electron chi connectivity index (χ2n) is 6.10. The molecule has 1 atom stereocenters. The van der Waals surface area contributed by atoms with Gasteiger partial charge in [-0.05, 0) is 33.1 Å². The zero-order valence-electron chi connectivity index (χ0n) is 12.3. The topological polar surface area (TPSA) is 70.1 Å². The van der Waals surface area contributed by atoms with Crippen molar-refractivity contribution >= 4 is 11.9 Å². The fourth-order valence-corrected chi connectivity index (χ4v) is 2.95. The SMILES string of the molecule is CC(C(=O)N1CCCCC1)N1CC(C)(OCC(=O)O)C1. The Kier molecular flexibility index (Phi) is 4.65. The smallest absolute Gasteiger partial charge is 0.329 e. The van der Waals surface area contributed by atoms with Gasteiger partial charge in [-0.25, -0.2) is 4.79 Å². The number of nitrogens with zero attached hydrogens (tertiary/aromatic N) is 2. The standard InChI is InChI=1S/C14H24N2O4/c1-11(13(19)15-6-4-3-5-7-15)16-9-14(2,10-16)20-8-12(17)18/h11H,3-10H2,1-2H3,(H,17,18). The minimum atomic E-state index is -0.956. The molecule has 0 aromatic carbocycles. The lowest BCUT2D eigenvalue weighted by atomic mass is 9.94. The van der Waals surface area contributed by atoms with Crippen LogP contribution in [0.3, 0.4) is 0 Å². The summed E-state index contributed by atoms with van der Waals surface area (Å²) in [6.45, 7) is 6.49. The van der Waals surface area contributed by atoms with E-state index in [1.54, 1.807) is 0 Å². The van der Waals surface area contributed by atoms with Crippen LogP contribution in [0, 0.1) is 0 Å². The number of ether oxygens (including phenoxy) is 1. The van der Waals surface area contributed by atoms with Crippen molar-refractivity contribution in [2.45, 2.75) is 44.8 Å². The van der Waals surface area contributed by atoms with Crippen LogP contribution in [-0.4, -0.2) is 71.2 Å². The molecule has 2 rings (SSSR count). The molecule has 0 radical (unpaired) electrons. The number of piperidine rings is 1. The van der Waals surface area contributed by atoms with Gasteiger partial charge in [0.15, 0.2) is 0 Å². The Morgan fingerprint density at radius 3 is 2.40 bits per heavy atom. The van der Waals surface area contributed by atoms with Crippen LogP contribution >= 0.6 is 0 Å². The quantitative estimate of drug-likeness (QED) is 0.799. The van der Waals surface area contributed by atoms with Crippen molar-refractivity contribution in [3.05, 3.63) is 0 Å². The van der Waals surface area contributed by atoms with Crippen molar-refractivity contribution < 1.29 is 19.4 Å². The summed E-state index contributed by atoms with van der Waals surface area (Å²) < 4.78 is 5.37. The van der Waals surface area contributed by atoms with Gasteiger partial charge in [0.25, 0.3) is 0 Å². The molecule has 2 saturated heterocycles. The predicted octanol–water partition coefficient (Wildman–Crippen LogP) is 0.563. The maximum atomic E-state index is 12.4. The zero-order chi connectivity index (χ0) is 14.8. The molecular weight excluding hydrogens is 260 g/mol. The van der Waals surface area contributed by atoms with Gasteiger partial charge >= 0.3 is 5.97 Å². The molecular formula is C14H24N2O4. The Hall–Kier alpha value is -1.14. The van der Waals surface area contributed by atoms with Crippen molar-refractivity contribution in [3.63, 3.8) is 0 Å². The Morgan fingerprint density at radius 1 is 1.25 bits per heavy atom. The van der Waals surface area contributed by atoms with E-state index in [4.69, 9.17) is 9.84 Å². The molecule has 2 fully saturated rings. The lowest BCUT2D eigenvalue weighted by Gasteiger charge is -2.50. The molecule has 0 saturated carbocycles. The average Bonchev–Trinajstić information content (AvgIpc) is 2.41. The summed E-state index contributed by atoms with van der Waals surface area (Å²) in [6, 6.07) is -0.144. The number of carbonyl (C=O) groups is 2. The first-order valence-corrected chi connectivity index (χ1v) is 7.30. The van der Waals surface area contributed by atoms with Crippen molar-refractivity contribution in [1.82, 2.24) is 9.80 Å². The molecule has 0 aromatic heterocycles. The van der Waals surface area contributed by atoms with Crippen molar-refractivity contribution in [1.29, 1.82) is 0 Å². The van der Waals surface area contributed by atoms with Crippen LogP contribution in [0.4, 0.5) is 0 Å². The number of hydrogen-bond donors (Lipinski definition) is 1. The fraction of sp³-hybridized carbons (Fsp3) is 0.857. The maximum absolute atomic E-state index is 12.4. The van der Waals surface area contributed by atoms with E-state index in [9.17, 15) is 9.59 Å². The predicted molar refractivity (Wildman–Crippen MR) is 73.5 cm³/mol. The highest BCUT2D eigenvalue weighted by molar-refractivity contribution is 5.81. The van der Waals surface area contributed by atoms with Gasteiger partial charge in [0.05, 0.1) is 11.6 Å². The van der Waals surface area contributed by atoms with E-state index < -0.39 is 11.6 Å². The van der Waals surface area contributed by atoms with Gasteiger partial charge in [-0.15, -0.1) is 0 Å². The van der Waals surface area contributed by atoms with Crippen molar-refractivity contribution in [3.8, 4) is 0 Å². The number of rotatable bonds is 5. The molecule has 1 amide bonds. The Labute approximate surface area is 119 Å². The van der Waals surface area contributed by atoms with E-state index in [1.807, 2.05) is 18.7 Å². The molecule has 2 aliphatic rings. The summed E-state index contributed by atoms with van der Waals surface area (Å²) in [6.07, 6.45) is 3.40. The van der Waals surface area contributed by atoms with Gasteiger partial charge in [0.2, 0.25) is 5.91 Å². The van der Waals surface area contributed by atoms with E-state index >= 15 is 0 Å². The molecule has 2 aliphatic heterocycles. The minimum absolute atomic E-state index is 0.144. The molecule has 114 valence electrons. The summed E-state index contributed by atoms with van der Waals surface area (Å²) >= 11 is 0. The summed E-state index contributed by atoms with van der Waals surface area (Å²) in [7, 11) is 0. The number of aliphatic carboxylic acids is 1. The van der Waals surface area contributed by atoms with Crippen molar-refractivity contribution in [2.75, 3.05) is 32.8 Å². The molecule has 6 nitrogen and oxygen atoms in total. The summed E-state index contributed by atoms with van der Waals surface area (Å²) in [5, 5.41) is 8.63. The summed E-state index contributed by atoms with van der Waals surface area (Å²) in [5.74, 6) is -0.771. The zero-order valence-corrected chi connectivity index (χ0v) is 12.3. The molecule has 20 heavy (non-hydrogen) atoms. The monoisotopic (exact) mass is 284 g/mol. The van der Waals surface area contributed by atoms with Gasteiger partial charge < -0.3 is 14.7 Å². The molecule has 0 bridgehead atoms. The number of likely N-dealkylation sites (tertiary alicyclic amines) is 2. The fourth-order valence-electron chi connectivity index (χ4n) is 2.95. The molecule has 1 N–H and O–H groups in total. The molecule has 0 aromatic rings. The summed E-state index contributed by atoms with van der Waals surface area (Å²) in [4.78, 5) is 26.9. The van der Waals surface area contributed by atoms with Crippen molar-refractivity contribution in [2.24, 2.45) is 0 Å². The highest BCUT2D eigenvalue weighted by atomic mass is 16.5. The maximum Gasteiger partial charge on any atom is 0.329 e. The van der Waals surface area contributed by atoms with Crippen LogP contribution < -0.4 is 0 Å². The Bertz CT molecular complexity index is 373. The van der Waals surface area contributed by atoms with E-state index in [0.29, 0.717) is 13.1 Å². The first-order chi connectivity index (χ1) is 9.41. The van der Waals surface area contributed by atoms with E-state index in [1.165, 1.54) is 6.42 Å². The molecule has 2 heterocycles. The molecule has 0 spiro atoms. The Balaban J connectivity index is 1.79. The second kappa shape index (κ2) is 6.10. The summed E-state index contributed by atoms with van der Waals surface area (Å²) in [5.41, 5.74) is -0.436. The van der Waals surface area contributed by atoms with Crippen LogP contribution in [0.25, 0.3) is 0 Å². The normalized spacial score (nSPS) is 24.0. The van der Waals surface area contributed by atoms with Gasteiger partial charge in [-0.1, -0.05) is 0 Å². The third kappa shape index (κ3) is 3.49. The van der Waals surface area contributed by atoms with Crippen LogP contribution in [0.15, 0.2) is 0 Å². The average molecular weight is 284 g/mol. The van der Waals surface area contributed by atoms with Crippen LogP contribution in [-0.2, 0) is 14.3 Å². The third-order valence-electron chi connectivity index (χ3n) is 4.19. The van der Waals surface area contributed by atoms with Gasteiger partial charge in [-0.2, -0.15) is 0 Å². The van der Waals surface area contributed by atoms with Crippen LogP contribution in [0.2, 0.25) is 0 Å². The van der Waals surface area contributed by atoms with E-state index in [0.717, 1.165) is 25.9 Å². The first kappa shape index (κ1) is 15.3. The van der Waals surface area contributed by atoms with Gasteiger partial charge in [0, 0.05) is 26.2 Å². The number of carbonyl (C=O) groups excluding carboxylic acids is 1. The van der Waals surface area contributed by atoms with E-state index in [-0.39, 0.29) is 18.6 Å². The van der Waals surface area contributed by atoms with Gasteiger partial charge in [-0.3, -0.25) is 9.69 Å². The Morgan fingerprint density at radius 2 is 1.85 bits per heavy atom. The first-order valence-electron chi connectivity index (χ1n) is 7.30. The van der Waals surface area contributed by atoms with E-state index in [2.05, 4.69) is 4.90 Å². The van der Waals surface area contributed by atoms with Gasteiger partial charge in [0.1, 0.15) is 6.61 Å². The minimum Gasteiger partial charge on any atom is -0.480 e. The molecule has 0 aliphatic carbocycles. The molecule has 1 unspecified atom stereocenters. The van der Waals surface area contributed by atoms with Crippen LogP contribution in [0.5, 0.6) is 0 Å². The number of hydrogen-bond acceptors (Lipinski definition) is 4. The van der Waals surface area contributed by atoms with Crippen LogP contribution in [0.1, 0.15) is 33.1 Å². The third-order valence-corrected chi connectivity index (χ3v) is 4.19. The lowest BCUT2D eigenvalue weighted by Crippen LogP contribution is -2.66. The lowest BCUT2D eigenvalue weighted by molar-refractivity contribution is -0.174. The second-order valence-corrected chi connectivity index (χ2v) is 6.10. The molecule has 6 heteroatoms. The number of amides is 1. The largest absolute Gasteiger partial charge is 0.480 e. The highest BCUT2D eigenvalue weighted by Crippen LogP contribution is 2.27.